The van der Waals surface area contributed by atoms with Gasteiger partial charge in [-0.2, -0.15) is 0 Å². The maximum absolute atomic E-state index is 12.9. The number of amides is 1. The van der Waals surface area contributed by atoms with Crippen molar-refractivity contribution in [1.29, 1.82) is 0 Å². The highest BCUT2D eigenvalue weighted by molar-refractivity contribution is 5.94. The molecule has 0 aliphatic carbocycles. The Hall–Kier alpha value is -3.90. The fourth-order valence-corrected chi connectivity index (χ4v) is 4.80. The first-order valence-corrected chi connectivity index (χ1v) is 12.4. The molecular formula is C30H30N2O4. The van der Waals surface area contributed by atoms with Crippen molar-refractivity contribution >= 4 is 22.8 Å². The molecule has 0 bridgehead atoms. The first-order chi connectivity index (χ1) is 17.6. The molecule has 4 aromatic rings. The van der Waals surface area contributed by atoms with Crippen LogP contribution in [0.3, 0.4) is 0 Å². The molecular weight excluding hydrogens is 452 g/mol. The third-order valence-corrected chi connectivity index (χ3v) is 6.80. The van der Waals surface area contributed by atoms with E-state index in [4.69, 9.17) is 9.84 Å². The van der Waals surface area contributed by atoms with Crippen molar-refractivity contribution in [3.05, 3.63) is 101 Å². The molecule has 1 aromatic heterocycles. The minimum atomic E-state index is -0.788. The van der Waals surface area contributed by atoms with E-state index in [-0.39, 0.29) is 12.3 Å². The van der Waals surface area contributed by atoms with E-state index in [2.05, 4.69) is 47.2 Å². The highest BCUT2D eigenvalue weighted by atomic mass is 16.5. The Morgan fingerprint density at radius 3 is 2.31 bits per heavy atom. The van der Waals surface area contributed by atoms with Crippen molar-refractivity contribution < 1.29 is 19.4 Å². The summed E-state index contributed by atoms with van der Waals surface area (Å²) in [6, 6.07) is 24.4. The Morgan fingerprint density at radius 1 is 0.833 bits per heavy atom. The number of aliphatic carboxylic acids is 1. The van der Waals surface area contributed by atoms with Gasteiger partial charge in [0.2, 0.25) is 0 Å². The van der Waals surface area contributed by atoms with Crippen LogP contribution in [0.25, 0.3) is 16.6 Å². The minimum absolute atomic E-state index is 0.0360. The molecule has 6 heteroatoms. The highest BCUT2D eigenvalue weighted by Gasteiger charge is 2.19. The Kier molecular flexibility index (Phi) is 7.14. The van der Waals surface area contributed by atoms with Gasteiger partial charge in [0.15, 0.2) is 0 Å². The average molecular weight is 483 g/mol. The summed E-state index contributed by atoms with van der Waals surface area (Å²) in [6.45, 7) is 2.41. The van der Waals surface area contributed by atoms with E-state index in [9.17, 15) is 9.59 Å². The number of ether oxygens (including phenoxy) is 1. The van der Waals surface area contributed by atoms with E-state index in [0.717, 1.165) is 35.0 Å². The molecule has 0 unspecified atom stereocenters. The quantitative estimate of drug-likeness (QED) is 0.388. The molecule has 1 aliphatic heterocycles. The molecule has 184 valence electrons. The SMILES string of the molecule is O=C(O)CCc1ccc2c(c1)c(CCc1ccccc1)cn2-c1ccc(C(=O)N2CCOCC2)cc1. The van der Waals surface area contributed by atoms with E-state index >= 15 is 0 Å². The van der Waals surface area contributed by atoms with Gasteiger partial charge in [0.1, 0.15) is 0 Å². The van der Waals surface area contributed by atoms with Gasteiger partial charge in [-0.25, -0.2) is 0 Å². The summed E-state index contributed by atoms with van der Waals surface area (Å²) >= 11 is 0. The number of carbonyl (C=O) groups excluding carboxylic acids is 1. The van der Waals surface area contributed by atoms with Gasteiger partial charge in [0, 0.05) is 42.3 Å². The molecule has 3 aromatic carbocycles. The molecule has 1 aliphatic rings. The van der Waals surface area contributed by atoms with Crippen LogP contribution in [0, 0.1) is 0 Å². The number of carbonyl (C=O) groups is 2. The summed E-state index contributed by atoms with van der Waals surface area (Å²) in [6.07, 6.45) is 4.60. The van der Waals surface area contributed by atoms with Crippen LogP contribution in [0.5, 0.6) is 0 Å². The van der Waals surface area contributed by atoms with Crippen molar-refractivity contribution in [1.82, 2.24) is 9.47 Å². The summed E-state index contributed by atoms with van der Waals surface area (Å²) < 4.78 is 7.53. The summed E-state index contributed by atoms with van der Waals surface area (Å²) in [7, 11) is 0. The van der Waals surface area contributed by atoms with Crippen molar-refractivity contribution in [2.45, 2.75) is 25.7 Å². The number of aryl methyl sites for hydroxylation is 3. The summed E-state index contributed by atoms with van der Waals surface area (Å²) in [4.78, 5) is 25.8. The first kappa shape index (κ1) is 23.8. The summed E-state index contributed by atoms with van der Waals surface area (Å²) in [5, 5.41) is 10.3. The Morgan fingerprint density at radius 2 is 1.58 bits per heavy atom. The fraction of sp³-hybridized carbons (Fsp3) is 0.267. The van der Waals surface area contributed by atoms with Crippen LogP contribution in [0.1, 0.15) is 33.5 Å². The van der Waals surface area contributed by atoms with Gasteiger partial charge in [-0.15, -0.1) is 0 Å². The van der Waals surface area contributed by atoms with Gasteiger partial charge in [-0.3, -0.25) is 9.59 Å². The zero-order valence-corrected chi connectivity index (χ0v) is 20.2. The number of carboxylic acids is 1. The third kappa shape index (κ3) is 5.34. The Bertz CT molecular complexity index is 1350. The van der Waals surface area contributed by atoms with Crippen LogP contribution in [0.15, 0.2) is 79.0 Å². The molecule has 0 atom stereocenters. The molecule has 0 saturated carbocycles. The lowest BCUT2D eigenvalue weighted by Crippen LogP contribution is -2.40. The van der Waals surface area contributed by atoms with E-state index < -0.39 is 5.97 Å². The third-order valence-electron chi connectivity index (χ3n) is 6.80. The number of hydrogen-bond donors (Lipinski definition) is 1. The predicted octanol–water partition coefficient (Wildman–Crippen LogP) is 4.91. The molecule has 1 saturated heterocycles. The van der Waals surface area contributed by atoms with Crippen LogP contribution >= 0.6 is 0 Å². The van der Waals surface area contributed by atoms with Crippen LogP contribution in [0.2, 0.25) is 0 Å². The zero-order valence-electron chi connectivity index (χ0n) is 20.2. The lowest BCUT2D eigenvalue weighted by molar-refractivity contribution is -0.136. The standard InChI is InChI=1S/C30H30N2O4/c33-29(34)15-8-23-7-14-28-27(20-23)25(9-6-22-4-2-1-3-5-22)21-32(28)26-12-10-24(11-13-26)30(35)31-16-18-36-19-17-31/h1-5,7,10-14,20-21H,6,8-9,15-19H2,(H,33,34). The van der Waals surface area contributed by atoms with Crippen LogP contribution < -0.4 is 0 Å². The summed E-state index contributed by atoms with van der Waals surface area (Å²) in [5.41, 5.74) is 6.27. The van der Waals surface area contributed by atoms with Crippen molar-refractivity contribution in [3.63, 3.8) is 0 Å². The molecule has 1 amide bonds. The lowest BCUT2D eigenvalue weighted by atomic mass is 10.0. The topological polar surface area (TPSA) is 71.8 Å². The Balaban J connectivity index is 1.45. The molecule has 6 nitrogen and oxygen atoms in total. The van der Waals surface area contributed by atoms with Gasteiger partial charge >= 0.3 is 5.97 Å². The number of fused-ring (bicyclic) bond motifs is 1. The van der Waals surface area contributed by atoms with Gasteiger partial charge in [0.25, 0.3) is 5.91 Å². The molecule has 2 heterocycles. The minimum Gasteiger partial charge on any atom is -0.481 e. The van der Waals surface area contributed by atoms with Crippen molar-refractivity contribution in [3.8, 4) is 5.69 Å². The Labute approximate surface area is 210 Å². The number of aromatic nitrogens is 1. The molecule has 1 fully saturated rings. The van der Waals surface area contributed by atoms with E-state index in [1.807, 2.05) is 41.3 Å². The number of rotatable bonds is 8. The average Bonchev–Trinajstić information content (AvgIpc) is 3.29. The summed E-state index contributed by atoms with van der Waals surface area (Å²) in [5.74, 6) is -0.752. The van der Waals surface area contributed by atoms with Crippen LogP contribution in [0.4, 0.5) is 0 Å². The van der Waals surface area contributed by atoms with Gasteiger partial charge < -0.3 is 19.3 Å². The predicted molar refractivity (Wildman–Crippen MR) is 140 cm³/mol. The lowest BCUT2D eigenvalue weighted by Gasteiger charge is -2.26. The van der Waals surface area contributed by atoms with Crippen molar-refractivity contribution in [2.24, 2.45) is 0 Å². The van der Waals surface area contributed by atoms with Crippen LogP contribution in [-0.2, 0) is 28.8 Å². The maximum atomic E-state index is 12.9. The smallest absolute Gasteiger partial charge is 0.303 e. The van der Waals surface area contributed by atoms with Gasteiger partial charge in [-0.05, 0) is 72.4 Å². The fourth-order valence-electron chi connectivity index (χ4n) is 4.80. The highest BCUT2D eigenvalue weighted by Crippen LogP contribution is 2.28. The van der Waals surface area contributed by atoms with Crippen LogP contribution in [-0.4, -0.2) is 52.8 Å². The largest absolute Gasteiger partial charge is 0.481 e. The first-order valence-electron chi connectivity index (χ1n) is 12.4. The van der Waals surface area contributed by atoms with E-state index in [1.54, 1.807) is 0 Å². The van der Waals surface area contributed by atoms with E-state index in [0.29, 0.717) is 38.3 Å². The number of hydrogen-bond acceptors (Lipinski definition) is 3. The molecule has 5 rings (SSSR count). The number of carboxylic acid groups (broad SMARTS) is 1. The molecule has 1 N–H and O–H groups in total. The second-order valence-electron chi connectivity index (χ2n) is 9.21. The van der Waals surface area contributed by atoms with Crippen molar-refractivity contribution in [2.75, 3.05) is 26.3 Å². The number of nitrogens with zero attached hydrogens (tertiary/aromatic N) is 2. The molecule has 36 heavy (non-hydrogen) atoms. The second-order valence-corrected chi connectivity index (χ2v) is 9.21. The number of benzene rings is 3. The monoisotopic (exact) mass is 482 g/mol. The van der Waals surface area contributed by atoms with Gasteiger partial charge in [-0.1, -0.05) is 36.4 Å². The van der Waals surface area contributed by atoms with Gasteiger partial charge in [0.05, 0.1) is 18.7 Å². The zero-order chi connectivity index (χ0) is 24.9. The molecule has 0 radical (unpaired) electrons. The number of morpholine rings is 1. The normalized spacial score (nSPS) is 13.7. The maximum Gasteiger partial charge on any atom is 0.303 e. The second kappa shape index (κ2) is 10.8. The molecule has 0 spiro atoms. The van der Waals surface area contributed by atoms with E-state index in [1.165, 1.54) is 11.1 Å².